The second kappa shape index (κ2) is 6.18. The quantitative estimate of drug-likeness (QED) is 0.852. The molecule has 1 aliphatic carbocycles. The van der Waals surface area contributed by atoms with Crippen LogP contribution in [0.5, 0.6) is 0 Å². The van der Waals surface area contributed by atoms with Crippen molar-refractivity contribution in [1.29, 1.82) is 0 Å². The third kappa shape index (κ3) is 3.70. The molecule has 1 amide bonds. The fourth-order valence-electron chi connectivity index (χ4n) is 2.06. The lowest BCUT2D eigenvalue weighted by Gasteiger charge is -2.11. The number of rotatable bonds is 4. The fourth-order valence-corrected chi connectivity index (χ4v) is 2.79. The number of hydrogen-bond acceptors (Lipinski definition) is 2. The Kier molecular flexibility index (Phi) is 4.58. The fraction of sp³-hybridized carbons (Fsp3) is 0.462. The van der Waals surface area contributed by atoms with E-state index in [1.54, 1.807) is 0 Å². The van der Waals surface area contributed by atoms with Gasteiger partial charge in [-0.15, -0.1) is 11.8 Å². The Morgan fingerprint density at radius 2 is 2.00 bits per heavy atom. The summed E-state index contributed by atoms with van der Waals surface area (Å²) in [5.74, 6) is -1.55. The van der Waals surface area contributed by atoms with Crippen LogP contribution in [0.4, 0.5) is 8.78 Å². The summed E-state index contributed by atoms with van der Waals surface area (Å²) < 4.78 is 25.6. The Balaban J connectivity index is 1.79. The molecule has 1 aromatic rings. The molecule has 5 heteroatoms. The standard InChI is InChI=1S/C13H15F2NOS/c14-11-6-5-10(7-12(11)15)18-8-13(17)16-9-3-1-2-4-9/h5-7,9H,1-4,8H2,(H,16,17). The van der Waals surface area contributed by atoms with Gasteiger partial charge < -0.3 is 5.32 Å². The Morgan fingerprint density at radius 3 is 2.67 bits per heavy atom. The highest BCUT2D eigenvalue weighted by Crippen LogP contribution is 2.21. The van der Waals surface area contributed by atoms with Gasteiger partial charge in [0.05, 0.1) is 5.75 Å². The van der Waals surface area contributed by atoms with Crippen LogP contribution in [0.15, 0.2) is 23.1 Å². The molecule has 0 bridgehead atoms. The molecule has 0 unspecified atom stereocenters. The van der Waals surface area contributed by atoms with Crippen LogP contribution in [-0.2, 0) is 4.79 Å². The Hall–Kier alpha value is -1.10. The zero-order valence-corrected chi connectivity index (χ0v) is 10.7. The Bertz CT molecular complexity index is 433. The molecule has 1 N–H and O–H groups in total. The summed E-state index contributed by atoms with van der Waals surface area (Å²) in [6, 6.07) is 3.96. The number of nitrogens with one attached hydrogen (secondary N) is 1. The minimum Gasteiger partial charge on any atom is -0.353 e. The van der Waals surface area contributed by atoms with Crippen LogP contribution in [0.25, 0.3) is 0 Å². The van der Waals surface area contributed by atoms with Gasteiger partial charge in [-0.2, -0.15) is 0 Å². The molecular formula is C13H15F2NOS. The summed E-state index contributed by atoms with van der Waals surface area (Å²) >= 11 is 1.22. The summed E-state index contributed by atoms with van der Waals surface area (Å²) in [6.07, 6.45) is 4.42. The minimum atomic E-state index is -0.879. The van der Waals surface area contributed by atoms with Crippen molar-refractivity contribution in [3.05, 3.63) is 29.8 Å². The molecule has 2 nitrogen and oxygen atoms in total. The lowest BCUT2D eigenvalue weighted by atomic mass is 10.2. The number of halogens is 2. The van der Waals surface area contributed by atoms with Crippen molar-refractivity contribution in [3.63, 3.8) is 0 Å². The molecule has 98 valence electrons. The van der Waals surface area contributed by atoms with E-state index < -0.39 is 11.6 Å². The Labute approximate surface area is 109 Å². The summed E-state index contributed by atoms with van der Waals surface area (Å²) in [5, 5.41) is 2.95. The van der Waals surface area contributed by atoms with E-state index in [2.05, 4.69) is 5.32 Å². The number of carbonyl (C=O) groups is 1. The average Bonchev–Trinajstić information content (AvgIpc) is 2.83. The van der Waals surface area contributed by atoms with Gasteiger partial charge in [0.25, 0.3) is 0 Å². The number of hydrogen-bond donors (Lipinski definition) is 1. The average molecular weight is 271 g/mol. The topological polar surface area (TPSA) is 29.1 Å². The van der Waals surface area contributed by atoms with E-state index in [0.717, 1.165) is 25.0 Å². The molecule has 0 saturated heterocycles. The van der Waals surface area contributed by atoms with E-state index in [1.807, 2.05) is 0 Å². The molecule has 1 aromatic carbocycles. The minimum absolute atomic E-state index is 0.0448. The maximum absolute atomic E-state index is 12.9. The van der Waals surface area contributed by atoms with E-state index in [9.17, 15) is 13.6 Å². The second-order valence-electron chi connectivity index (χ2n) is 4.41. The van der Waals surface area contributed by atoms with Gasteiger partial charge in [-0.1, -0.05) is 12.8 Å². The van der Waals surface area contributed by atoms with Gasteiger partial charge in [0, 0.05) is 10.9 Å². The van der Waals surface area contributed by atoms with Crippen LogP contribution in [0.3, 0.4) is 0 Å². The molecule has 0 aromatic heterocycles. The molecule has 1 fully saturated rings. The molecule has 18 heavy (non-hydrogen) atoms. The first-order chi connectivity index (χ1) is 8.65. The van der Waals surface area contributed by atoms with E-state index in [4.69, 9.17) is 0 Å². The second-order valence-corrected chi connectivity index (χ2v) is 5.46. The van der Waals surface area contributed by atoms with E-state index in [-0.39, 0.29) is 11.7 Å². The van der Waals surface area contributed by atoms with E-state index in [0.29, 0.717) is 10.9 Å². The van der Waals surface area contributed by atoms with Crippen molar-refractivity contribution in [2.75, 3.05) is 5.75 Å². The third-order valence-electron chi connectivity index (χ3n) is 2.98. The van der Waals surface area contributed by atoms with Gasteiger partial charge in [-0.25, -0.2) is 8.78 Å². The van der Waals surface area contributed by atoms with Crippen LogP contribution < -0.4 is 5.32 Å². The third-order valence-corrected chi connectivity index (χ3v) is 3.98. The molecule has 0 atom stereocenters. The molecule has 0 spiro atoms. The van der Waals surface area contributed by atoms with Gasteiger partial charge in [-0.05, 0) is 31.0 Å². The highest BCUT2D eigenvalue weighted by molar-refractivity contribution is 8.00. The predicted octanol–water partition coefficient (Wildman–Crippen LogP) is 3.12. The van der Waals surface area contributed by atoms with E-state index in [1.165, 1.54) is 30.7 Å². The molecule has 0 radical (unpaired) electrons. The highest BCUT2D eigenvalue weighted by atomic mass is 32.2. The molecule has 0 aliphatic heterocycles. The first-order valence-electron chi connectivity index (χ1n) is 6.02. The molecular weight excluding hydrogens is 256 g/mol. The molecule has 1 saturated carbocycles. The van der Waals surface area contributed by atoms with Crippen LogP contribution in [0, 0.1) is 11.6 Å². The predicted molar refractivity (Wildman–Crippen MR) is 67.5 cm³/mol. The number of amides is 1. The van der Waals surface area contributed by atoms with Crippen molar-refractivity contribution < 1.29 is 13.6 Å². The van der Waals surface area contributed by atoms with Crippen molar-refractivity contribution in [2.45, 2.75) is 36.6 Å². The van der Waals surface area contributed by atoms with Gasteiger partial charge in [0.1, 0.15) is 0 Å². The monoisotopic (exact) mass is 271 g/mol. The van der Waals surface area contributed by atoms with Gasteiger partial charge >= 0.3 is 0 Å². The van der Waals surface area contributed by atoms with Gasteiger partial charge in [-0.3, -0.25) is 4.79 Å². The first kappa shape index (κ1) is 13.3. The van der Waals surface area contributed by atoms with Crippen LogP contribution in [0.2, 0.25) is 0 Å². The highest BCUT2D eigenvalue weighted by Gasteiger charge is 2.17. The van der Waals surface area contributed by atoms with Gasteiger partial charge in [0.2, 0.25) is 5.91 Å². The largest absolute Gasteiger partial charge is 0.353 e. The van der Waals surface area contributed by atoms with Crippen molar-refractivity contribution in [3.8, 4) is 0 Å². The maximum Gasteiger partial charge on any atom is 0.230 e. The number of thioether (sulfide) groups is 1. The summed E-state index contributed by atoms with van der Waals surface area (Å²) in [4.78, 5) is 12.2. The Morgan fingerprint density at radius 1 is 1.28 bits per heavy atom. The number of carbonyl (C=O) groups excluding carboxylic acids is 1. The molecule has 0 heterocycles. The summed E-state index contributed by atoms with van der Waals surface area (Å²) in [7, 11) is 0. The van der Waals surface area contributed by atoms with E-state index >= 15 is 0 Å². The van der Waals surface area contributed by atoms with Crippen molar-refractivity contribution in [2.24, 2.45) is 0 Å². The summed E-state index contributed by atoms with van der Waals surface area (Å²) in [5.41, 5.74) is 0. The van der Waals surface area contributed by atoms with Crippen molar-refractivity contribution in [1.82, 2.24) is 5.32 Å². The van der Waals surface area contributed by atoms with Crippen molar-refractivity contribution >= 4 is 17.7 Å². The van der Waals surface area contributed by atoms with Crippen LogP contribution in [0.1, 0.15) is 25.7 Å². The normalized spacial score (nSPS) is 15.9. The van der Waals surface area contributed by atoms with Crippen LogP contribution in [-0.4, -0.2) is 17.7 Å². The first-order valence-corrected chi connectivity index (χ1v) is 7.01. The zero-order chi connectivity index (χ0) is 13.0. The molecule has 2 rings (SSSR count). The summed E-state index contributed by atoms with van der Waals surface area (Å²) in [6.45, 7) is 0. The maximum atomic E-state index is 12.9. The smallest absolute Gasteiger partial charge is 0.230 e. The number of benzene rings is 1. The lowest BCUT2D eigenvalue weighted by molar-refractivity contribution is -0.119. The van der Waals surface area contributed by atoms with Gasteiger partial charge in [0.15, 0.2) is 11.6 Å². The SMILES string of the molecule is O=C(CSc1ccc(F)c(F)c1)NC1CCCC1. The molecule has 1 aliphatic rings. The van der Waals surface area contributed by atoms with Crippen LogP contribution >= 0.6 is 11.8 Å². The zero-order valence-electron chi connectivity index (χ0n) is 9.92. The lowest BCUT2D eigenvalue weighted by Crippen LogP contribution is -2.33.